The van der Waals surface area contributed by atoms with Crippen LogP contribution >= 0.6 is 0 Å². The van der Waals surface area contributed by atoms with Gasteiger partial charge in [0.1, 0.15) is 0 Å². The van der Waals surface area contributed by atoms with Gasteiger partial charge in [-0.05, 0) is 61.0 Å². The number of nitrogens with zero attached hydrogens (tertiary/aromatic N) is 1. The summed E-state index contributed by atoms with van der Waals surface area (Å²) in [6.07, 6.45) is 0. The number of benzene rings is 3. The second kappa shape index (κ2) is 9.65. The maximum atomic E-state index is 12.5. The molecule has 0 saturated carbocycles. The van der Waals surface area contributed by atoms with Gasteiger partial charge in [0.15, 0.2) is 5.78 Å². The molecule has 0 fully saturated rings. The maximum Gasteiger partial charge on any atom is 0.261 e. The number of hydrogen-bond donors (Lipinski definition) is 2. The van der Waals surface area contributed by atoms with Crippen LogP contribution in [0.1, 0.15) is 33.2 Å². The minimum atomic E-state index is -3.81. The second-order valence-corrected chi connectivity index (χ2v) is 9.19. The average Bonchev–Trinajstić information content (AvgIpc) is 2.78. The van der Waals surface area contributed by atoms with Gasteiger partial charge in [-0.2, -0.15) is 0 Å². The van der Waals surface area contributed by atoms with E-state index in [-0.39, 0.29) is 16.6 Å². The number of carbonyl (C=O) groups is 2. The van der Waals surface area contributed by atoms with Gasteiger partial charge in [0.25, 0.3) is 15.9 Å². The van der Waals surface area contributed by atoms with Crippen molar-refractivity contribution in [3.05, 3.63) is 89.5 Å². The number of carbonyl (C=O) groups excluding carboxylic acids is 2. The van der Waals surface area contributed by atoms with Gasteiger partial charge in [-0.15, -0.1) is 0 Å². The molecule has 0 saturated heterocycles. The molecular formula is C24H25N3O4S. The molecule has 1 amide bonds. The summed E-state index contributed by atoms with van der Waals surface area (Å²) in [5, 5.41) is 2.85. The van der Waals surface area contributed by atoms with Crippen LogP contribution in [0.5, 0.6) is 0 Å². The van der Waals surface area contributed by atoms with E-state index in [0.29, 0.717) is 23.4 Å². The molecule has 0 aliphatic rings. The van der Waals surface area contributed by atoms with Crippen LogP contribution in [0.3, 0.4) is 0 Å². The van der Waals surface area contributed by atoms with Gasteiger partial charge in [0, 0.05) is 43.1 Å². The third-order valence-corrected chi connectivity index (χ3v) is 6.27. The lowest BCUT2D eigenvalue weighted by Crippen LogP contribution is -2.22. The third-order valence-electron chi connectivity index (χ3n) is 4.88. The van der Waals surface area contributed by atoms with Gasteiger partial charge in [-0.3, -0.25) is 14.3 Å². The zero-order valence-electron chi connectivity index (χ0n) is 18.1. The highest BCUT2D eigenvalue weighted by Gasteiger charge is 2.15. The monoisotopic (exact) mass is 451 g/mol. The molecule has 0 spiro atoms. The van der Waals surface area contributed by atoms with Crippen LogP contribution in [0, 0.1) is 0 Å². The van der Waals surface area contributed by atoms with Crippen LogP contribution in [0.2, 0.25) is 0 Å². The lowest BCUT2D eigenvalue weighted by Gasteiger charge is -2.13. The van der Waals surface area contributed by atoms with Gasteiger partial charge in [-0.25, -0.2) is 8.42 Å². The van der Waals surface area contributed by atoms with Crippen molar-refractivity contribution >= 4 is 33.1 Å². The van der Waals surface area contributed by atoms with Gasteiger partial charge in [0.2, 0.25) is 0 Å². The van der Waals surface area contributed by atoms with Crippen LogP contribution in [0.25, 0.3) is 0 Å². The van der Waals surface area contributed by atoms with Crippen LogP contribution in [-0.4, -0.2) is 34.2 Å². The van der Waals surface area contributed by atoms with Gasteiger partial charge >= 0.3 is 0 Å². The first-order chi connectivity index (χ1) is 15.2. The number of amides is 1. The highest BCUT2D eigenvalue weighted by molar-refractivity contribution is 7.92. The molecule has 8 heteroatoms. The Morgan fingerprint density at radius 2 is 1.38 bits per heavy atom. The van der Waals surface area contributed by atoms with E-state index in [1.807, 2.05) is 43.3 Å². The normalized spacial score (nSPS) is 11.0. The largest absolute Gasteiger partial charge is 0.378 e. The molecule has 3 aromatic rings. The molecule has 7 nitrogen and oxygen atoms in total. The standard InChI is InChI=1S/C24H25N3O4S/c1-17(28)19-8-14-23(15-9-19)32(30,31)26-21-10-6-20(7-11-21)24(29)25-16-18-4-12-22(13-5-18)27(2)3/h4-15,26H,16H2,1-3H3,(H,25,29). The van der Waals surface area contributed by atoms with Crippen molar-refractivity contribution in [3.8, 4) is 0 Å². The Hall–Kier alpha value is -3.65. The van der Waals surface area contributed by atoms with Gasteiger partial charge in [-0.1, -0.05) is 24.3 Å². The zero-order chi connectivity index (χ0) is 23.3. The molecule has 2 N–H and O–H groups in total. The lowest BCUT2D eigenvalue weighted by atomic mass is 10.1. The Bertz CT molecular complexity index is 1200. The summed E-state index contributed by atoms with van der Waals surface area (Å²) in [7, 11) is 0.116. The number of Topliss-reactive ketones (excluding diaryl/α,β-unsaturated/α-hetero) is 1. The quantitative estimate of drug-likeness (QED) is 0.510. The summed E-state index contributed by atoms with van der Waals surface area (Å²) in [6.45, 7) is 1.80. The highest BCUT2D eigenvalue weighted by atomic mass is 32.2. The average molecular weight is 452 g/mol. The first-order valence-corrected chi connectivity index (χ1v) is 11.4. The van der Waals surface area contributed by atoms with E-state index >= 15 is 0 Å². The predicted octanol–water partition coefficient (Wildman–Crippen LogP) is 3.69. The topological polar surface area (TPSA) is 95.6 Å². The van der Waals surface area contributed by atoms with Gasteiger partial charge < -0.3 is 10.2 Å². The van der Waals surface area contributed by atoms with Crippen LogP contribution < -0.4 is 14.9 Å². The number of rotatable bonds is 8. The maximum absolute atomic E-state index is 12.5. The van der Waals surface area contributed by atoms with Crippen molar-refractivity contribution in [3.63, 3.8) is 0 Å². The van der Waals surface area contributed by atoms with Gasteiger partial charge in [0.05, 0.1) is 4.90 Å². The number of sulfonamides is 1. The van der Waals surface area contributed by atoms with E-state index in [2.05, 4.69) is 10.0 Å². The first kappa shape index (κ1) is 23.0. The molecule has 0 radical (unpaired) electrons. The molecule has 0 bridgehead atoms. The van der Waals surface area contributed by atoms with E-state index in [9.17, 15) is 18.0 Å². The van der Waals surface area contributed by atoms with Crippen molar-refractivity contribution in [2.75, 3.05) is 23.7 Å². The second-order valence-electron chi connectivity index (χ2n) is 7.51. The summed E-state index contributed by atoms with van der Waals surface area (Å²) in [4.78, 5) is 25.8. The molecule has 3 aromatic carbocycles. The SMILES string of the molecule is CC(=O)c1ccc(S(=O)(=O)Nc2ccc(C(=O)NCc3ccc(N(C)C)cc3)cc2)cc1. The highest BCUT2D eigenvalue weighted by Crippen LogP contribution is 2.18. The Labute approximate surface area is 188 Å². The first-order valence-electron chi connectivity index (χ1n) is 9.94. The van der Waals surface area contributed by atoms with Crippen molar-refractivity contribution in [1.29, 1.82) is 0 Å². The van der Waals surface area contributed by atoms with E-state index in [0.717, 1.165) is 11.3 Å². The molecule has 32 heavy (non-hydrogen) atoms. The van der Waals surface area contributed by atoms with Crippen molar-refractivity contribution in [2.45, 2.75) is 18.4 Å². The molecule has 0 atom stereocenters. The Balaban J connectivity index is 1.61. The predicted molar refractivity (Wildman–Crippen MR) is 126 cm³/mol. The third kappa shape index (κ3) is 5.73. The molecule has 166 valence electrons. The number of nitrogens with one attached hydrogen (secondary N) is 2. The van der Waals surface area contributed by atoms with E-state index in [1.54, 1.807) is 12.1 Å². The summed E-state index contributed by atoms with van der Waals surface area (Å²) >= 11 is 0. The minimum Gasteiger partial charge on any atom is -0.378 e. The fourth-order valence-corrected chi connectivity index (χ4v) is 4.03. The molecule has 0 aliphatic heterocycles. The Morgan fingerprint density at radius 3 is 1.91 bits per heavy atom. The fraction of sp³-hybridized carbons (Fsp3) is 0.167. The number of ketones is 1. The number of anilines is 2. The minimum absolute atomic E-state index is 0.0459. The molecular weight excluding hydrogens is 426 g/mol. The summed E-state index contributed by atoms with van der Waals surface area (Å²) < 4.78 is 27.6. The Kier molecular flexibility index (Phi) is 6.95. The fourth-order valence-electron chi connectivity index (χ4n) is 2.97. The smallest absolute Gasteiger partial charge is 0.261 e. The summed E-state index contributed by atoms with van der Waals surface area (Å²) in [6, 6.07) is 19.8. The number of hydrogen-bond acceptors (Lipinski definition) is 5. The van der Waals surface area contributed by atoms with Crippen molar-refractivity contribution in [2.24, 2.45) is 0 Å². The van der Waals surface area contributed by atoms with Crippen LogP contribution in [0.4, 0.5) is 11.4 Å². The molecule has 0 aliphatic carbocycles. The molecule has 0 heterocycles. The zero-order valence-corrected chi connectivity index (χ0v) is 18.9. The molecule has 0 unspecified atom stereocenters. The van der Waals surface area contributed by atoms with E-state index < -0.39 is 10.0 Å². The molecule has 0 aromatic heterocycles. The Morgan fingerprint density at radius 1 is 0.812 bits per heavy atom. The van der Waals surface area contributed by atoms with Crippen molar-refractivity contribution in [1.82, 2.24) is 5.32 Å². The van der Waals surface area contributed by atoms with Crippen LogP contribution in [0.15, 0.2) is 77.7 Å². The van der Waals surface area contributed by atoms with Crippen LogP contribution in [-0.2, 0) is 16.6 Å². The van der Waals surface area contributed by atoms with E-state index in [4.69, 9.17) is 0 Å². The summed E-state index contributed by atoms with van der Waals surface area (Å²) in [5.74, 6) is -0.391. The lowest BCUT2D eigenvalue weighted by molar-refractivity contribution is 0.0950. The summed E-state index contributed by atoms with van der Waals surface area (Å²) in [5.41, 5.74) is 3.24. The molecule has 3 rings (SSSR count). The van der Waals surface area contributed by atoms with Crippen molar-refractivity contribution < 1.29 is 18.0 Å². The van der Waals surface area contributed by atoms with E-state index in [1.165, 1.54) is 43.3 Å².